The van der Waals surface area contributed by atoms with Crippen LogP contribution in [0.2, 0.25) is 0 Å². The van der Waals surface area contributed by atoms with Gasteiger partial charge >= 0.3 is 0 Å². The summed E-state index contributed by atoms with van der Waals surface area (Å²) in [4.78, 5) is 19.0. The van der Waals surface area contributed by atoms with Gasteiger partial charge < -0.3 is 15.3 Å². The highest BCUT2D eigenvalue weighted by Gasteiger charge is 2.42. The number of aliphatic hydroxyl groups is 1. The van der Waals surface area contributed by atoms with Gasteiger partial charge in [-0.25, -0.2) is 4.98 Å². The Kier molecular flexibility index (Phi) is 4.34. The molecular weight excluding hydrogens is 278 g/mol. The van der Waals surface area contributed by atoms with Crippen LogP contribution >= 0.6 is 0 Å². The molecule has 2 aliphatic rings. The maximum Gasteiger partial charge on any atom is 0.223 e. The van der Waals surface area contributed by atoms with Crippen molar-refractivity contribution in [2.75, 3.05) is 31.1 Å². The van der Waals surface area contributed by atoms with Gasteiger partial charge in [0.15, 0.2) is 0 Å². The zero-order valence-corrected chi connectivity index (χ0v) is 13.2. The van der Waals surface area contributed by atoms with Gasteiger partial charge in [-0.15, -0.1) is 0 Å². The first-order chi connectivity index (χ1) is 10.6. The monoisotopic (exact) mass is 303 g/mol. The van der Waals surface area contributed by atoms with E-state index in [0.717, 1.165) is 50.2 Å². The molecule has 0 aromatic carbocycles. The number of piperidine rings is 1. The van der Waals surface area contributed by atoms with Crippen LogP contribution in [0.1, 0.15) is 31.2 Å². The van der Waals surface area contributed by atoms with Crippen molar-refractivity contribution in [1.29, 1.82) is 0 Å². The topological polar surface area (TPSA) is 65.5 Å². The summed E-state index contributed by atoms with van der Waals surface area (Å²) >= 11 is 0. The van der Waals surface area contributed by atoms with Crippen molar-refractivity contribution in [3.05, 3.63) is 23.9 Å². The van der Waals surface area contributed by atoms with E-state index in [-0.39, 0.29) is 23.8 Å². The van der Waals surface area contributed by atoms with Crippen molar-refractivity contribution in [1.82, 2.24) is 10.3 Å². The Morgan fingerprint density at radius 2 is 2.14 bits per heavy atom. The maximum absolute atomic E-state index is 12.2. The molecule has 5 nitrogen and oxygen atoms in total. The number of aliphatic hydroxyl groups excluding tert-OH is 1. The SMILES string of the molecule is Cc1ccc(N2CCC(C(=O)NCC3(CO)CC3)CC2)nc1. The predicted octanol–water partition coefficient (Wildman–Crippen LogP) is 1.50. The first-order valence-electron chi connectivity index (χ1n) is 8.18. The molecule has 3 rings (SSSR count). The molecule has 0 radical (unpaired) electrons. The zero-order chi connectivity index (χ0) is 15.6. The molecule has 1 aromatic heterocycles. The molecule has 0 spiro atoms. The van der Waals surface area contributed by atoms with E-state index < -0.39 is 0 Å². The standard InChI is InChI=1S/C17H25N3O2/c1-13-2-3-15(18-10-13)20-8-4-14(5-9-20)16(22)19-11-17(12-21)6-7-17/h2-3,10,14,21H,4-9,11-12H2,1H3,(H,19,22). The zero-order valence-electron chi connectivity index (χ0n) is 13.2. The van der Waals surface area contributed by atoms with E-state index in [4.69, 9.17) is 0 Å². The van der Waals surface area contributed by atoms with E-state index in [1.807, 2.05) is 19.2 Å². The summed E-state index contributed by atoms with van der Waals surface area (Å²) in [5.41, 5.74) is 1.15. The number of hydrogen-bond acceptors (Lipinski definition) is 4. The molecule has 120 valence electrons. The normalized spacial score (nSPS) is 20.7. The van der Waals surface area contributed by atoms with Gasteiger partial charge in [-0.05, 0) is 44.2 Å². The first-order valence-corrected chi connectivity index (χ1v) is 8.18. The highest BCUT2D eigenvalue weighted by molar-refractivity contribution is 5.79. The number of carbonyl (C=O) groups excluding carboxylic acids is 1. The van der Waals surface area contributed by atoms with Crippen molar-refractivity contribution in [2.45, 2.75) is 32.6 Å². The van der Waals surface area contributed by atoms with Crippen LogP contribution < -0.4 is 10.2 Å². The van der Waals surface area contributed by atoms with E-state index >= 15 is 0 Å². The van der Waals surface area contributed by atoms with Gasteiger partial charge in [0.05, 0.1) is 6.61 Å². The second-order valence-electron chi connectivity index (χ2n) is 6.83. The third kappa shape index (κ3) is 3.40. The summed E-state index contributed by atoms with van der Waals surface area (Å²) in [5.74, 6) is 1.24. The summed E-state index contributed by atoms with van der Waals surface area (Å²) in [6, 6.07) is 4.12. The van der Waals surface area contributed by atoms with Crippen LogP contribution in [0.4, 0.5) is 5.82 Å². The Labute approximate surface area is 131 Å². The Balaban J connectivity index is 1.46. The molecule has 2 fully saturated rings. The Morgan fingerprint density at radius 3 is 2.68 bits per heavy atom. The van der Waals surface area contributed by atoms with Gasteiger partial charge in [0.25, 0.3) is 0 Å². The number of aromatic nitrogens is 1. The number of nitrogens with zero attached hydrogens (tertiary/aromatic N) is 2. The average molecular weight is 303 g/mol. The average Bonchev–Trinajstić information content (AvgIpc) is 3.34. The lowest BCUT2D eigenvalue weighted by molar-refractivity contribution is -0.125. The van der Waals surface area contributed by atoms with E-state index in [9.17, 15) is 9.90 Å². The number of anilines is 1. The van der Waals surface area contributed by atoms with Crippen LogP contribution in [0.15, 0.2) is 18.3 Å². The summed E-state index contributed by atoms with van der Waals surface area (Å²) in [6.45, 7) is 4.60. The number of aryl methyl sites for hydroxylation is 1. The van der Waals surface area contributed by atoms with Crippen LogP contribution in [-0.4, -0.2) is 42.2 Å². The molecule has 1 saturated heterocycles. The summed E-state index contributed by atoms with van der Waals surface area (Å²) in [7, 11) is 0. The molecule has 0 unspecified atom stereocenters. The number of carbonyl (C=O) groups is 1. The van der Waals surface area contributed by atoms with Crippen LogP contribution in [0.5, 0.6) is 0 Å². The van der Waals surface area contributed by atoms with Crippen molar-refractivity contribution >= 4 is 11.7 Å². The van der Waals surface area contributed by atoms with Gasteiger partial charge in [-0.3, -0.25) is 4.79 Å². The fourth-order valence-electron chi connectivity index (χ4n) is 3.00. The molecule has 0 atom stereocenters. The molecule has 0 bridgehead atoms. The minimum Gasteiger partial charge on any atom is -0.396 e. The van der Waals surface area contributed by atoms with Gasteiger partial charge in [-0.1, -0.05) is 6.07 Å². The van der Waals surface area contributed by atoms with E-state index in [2.05, 4.69) is 21.3 Å². The lowest BCUT2D eigenvalue weighted by Gasteiger charge is -2.32. The van der Waals surface area contributed by atoms with Crippen molar-refractivity contribution in [3.63, 3.8) is 0 Å². The minimum absolute atomic E-state index is 0.0117. The molecule has 2 N–H and O–H groups in total. The molecule has 5 heteroatoms. The van der Waals surface area contributed by atoms with Crippen molar-refractivity contribution < 1.29 is 9.90 Å². The maximum atomic E-state index is 12.2. The molecule has 1 amide bonds. The fourth-order valence-corrected chi connectivity index (χ4v) is 3.00. The molecule has 2 heterocycles. The largest absolute Gasteiger partial charge is 0.396 e. The molecular formula is C17H25N3O2. The number of hydrogen-bond donors (Lipinski definition) is 2. The van der Waals surface area contributed by atoms with Gasteiger partial charge in [0.2, 0.25) is 5.91 Å². The highest BCUT2D eigenvalue weighted by Crippen LogP contribution is 2.44. The molecule has 22 heavy (non-hydrogen) atoms. The van der Waals surface area contributed by atoms with E-state index in [0.29, 0.717) is 6.54 Å². The van der Waals surface area contributed by atoms with E-state index in [1.165, 1.54) is 0 Å². The number of pyridine rings is 1. The van der Waals surface area contributed by atoms with Crippen LogP contribution in [-0.2, 0) is 4.79 Å². The molecule has 1 saturated carbocycles. The van der Waals surface area contributed by atoms with Crippen LogP contribution in [0.3, 0.4) is 0 Å². The van der Waals surface area contributed by atoms with Gasteiger partial charge in [-0.2, -0.15) is 0 Å². The number of amides is 1. The van der Waals surface area contributed by atoms with E-state index in [1.54, 1.807) is 0 Å². The quantitative estimate of drug-likeness (QED) is 0.865. The second kappa shape index (κ2) is 6.24. The molecule has 1 aromatic rings. The molecule has 1 aliphatic carbocycles. The Hall–Kier alpha value is -1.62. The van der Waals surface area contributed by atoms with Crippen molar-refractivity contribution in [2.24, 2.45) is 11.3 Å². The predicted molar refractivity (Wildman–Crippen MR) is 85.7 cm³/mol. The van der Waals surface area contributed by atoms with Gasteiger partial charge in [0.1, 0.15) is 5.82 Å². The third-order valence-corrected chi connectivity index (χ3v) is 5.02. The first kappa shape index (κ1) is 15.3. The number of nitrogens with one attached hydrogen (secondary N) is 1. The Bertz CT molecular complexity index is 517. The molecule has 1 aliphatic heterocycles. The van der Waals surface area contributed by atoms with Crippen molar-refractivity contribution in [3.8, 4) is 0 Å². The lowest BCUT2D eigenvalue weighted by atomic mass is 9.95. The summed E-state index contributed by atoms with van der Waals surface area (Å²) in [5, 5.41) is 12.3. The summed E-state index contributed by atoms with van der Waals surface area (Å²) < 4.78 is 0. The Morgan fingerprint density at radius 1 is 1.41 bits per heavy atom. The summed E-state index contributed by atoms with van der Waals surface area (Å²) in [6.07, 6.45) is 5.68. The number of rotatable bonds is 5. The fraction of sp³-hybridized carbons (Fsp3) is 0.647. The smallest absolute Gasteiger partial charge is 0.223 e. The third-order valence-electron chi connectivity index (χ3n) is 5.02. The lowest BCUT2D eigenvalue weighted by Crippen LogP contribution is -2.42. The highest BCUT2D eigenvalue weighted by atomic mass is 16.3. The van der Waals surface area contributed by atoms with Crippen LogP contribution in [0, 0.1) is 18.3 Å². The van der Waals surface area contributed by atoms with Gasteiger partial charge in [0, 0.05) is 37.2 Å². The van der Waals surface area contributed by atoms with Crippen LogP contribution in [0.25, 0.3) is 0 Å². The minimum atomic E-state index is -0.0117. The second-order valence-corrected chi connectivity index (χ2v) is 6.83.